The molecule has 0 spiro atoms. The Labute approximate surface area is 292 Å². The second kappa shape index (κ2) is 13.5. The molecule has 5 aliphatic rings. The number of carbonyl (C=O) groups excluding carboxylic acids is 5. The van der Waals surface area contributed by atoms with Gasteiger partial charge < -0.3 is 26.2 Å². The molecule has 0 aromatic carbocycles. The van der Waals surface area contributed by atoms with E-state index < -0.39 is 67.9 Å². The van der Waals surface area contributed by atoms with Crippen LogP contribution in [0.2, 0.25) is 0 Å². The number of carbonyl (C=O) groups is 5. The zero-order valence-corrected chi connectivity index (χ0v) is 31.4. The Morgan fingerprint density at radius 1 is 0.939 bits per heavy atom. The first-order chi connectivity index (χ1) is 22.8. The van der Waals surface area contributed by atoms with Gasteiger partial charge in [-0.25, -0.2) is 13.2 Å². The van der Waals surface area contributed by atoms with Crippen LogP contribution in [-0.2, 0) is 29.0 Å². The Bertz CT molecular complexity index is 1450. The van der Waals surface area contributed by atoms with Gasteiger partial charge in [-0.1, -0.05) is 74.1 Å². The molecule has 0 aromatic rings. The van der Waals surface area contributed by atoms with E-state index in [1.54, 1.807) is 4.90 Å². The minimum absolute atomic E-state index is 0.0105. The highest BCUT2D eigenvalue weighted by atomic mass is 32.2. The molecule has 5 amide bonds. The van der Waals surface area contributed by atoms with E-state index in [0.29, 0.717) is 38.6 Å². The maximum absolute atomic E-state index is 14.5. The first-order valence-electron chi connectivity index (χ1n) is 18.6. The van der Waals surface area contributed by atoms with Crippen molar-refractivity contribution >= 4 is 39.4 Å². The van der Waals surface area contributed by atoms with Crippen LogP contribution in [-0.4, -0.2) is 90.1 Å². The van der Waals surface area contributed by atoms with E-state index in [0.717, 1.165) is 38.5 Å². The fourth-order valence-electron chi connectivity index (χ4n) is 8.86. The van der Waals surface area contributed by atoms with Crippen LogP contribution in [0.25, 0.3) is 0 Å². The van der Waals surface area contributed by atoms with Crippen LogP contribution in [0, 0.1) is 28.6 Å². The van der Waals surface area contributed by atoms with Crippen molar-refractivity contribution in [1.29, 1.82) is 0 Å². The molecular weight excluding hydrogens is 646 g/mol. The van der Waals surface area contributed by atoms with E-state index in [9.17, 15) is 32.4 Å². The Hall–Kier alpha value is -2.70. The fraction of sp³-hybridized carbons (Fsp3) is 0.861. The second-order valence-electron chi connectivity index (χ2n) is 17.4. The summed E-state index contributed by atoms with van der Waals surface area (Å²) in [4.78, 5) is 70.5. The fourth-order valence-corrected chi connectivity index (χ4v) is 10.8. The molecule has 1 aliphatic heterocycles. The number of sulfone groups is 1. The Balaban J connectivity index is 1.35. The van der Waals surface area contributed by atoms with Crippen LogP contribution in [0.15, 0.2) is 0 Å². The highest BCUT2D eigenvalue weighted by molar-refractivity contribution is 7.91. The first-order valence-corrected chi connectivity index (χ1v) is 20.4. The van der Waals surface area contributed by atoms with Crippen molar-refractivity contribution in [2.45, 2.75) is 148 Å². The molecule has 5 rings (SSSR count). The number of urea groups is 1. The molecule has 0 bridgehead atoms. The Morgan fingerprint density at radius 2 is 1.59 bits per heavy atom. The number of nitrogens with one attached hydrogen (secondary N) is 4. The van der Waals surface area contributed by atoms with Gasteiger partial charge in [0.25, 0.3) is 5.91 Å². The summed E-state index contributed by atoms with van der Waals surface area (Å²) >= 11 is 0. The molecule has 4 saturated carbocycles. The zero-order valence-electron chi connectivity index (χ0n) is 30.6. The maximum atomic E-state index is 14.5. The van der Waals surface area contributed by atoms with Gasteiger partial charge in [0.1, 0.15) is 17.6 Å². The third kappa shape index (κ3) is 7.81. The third-order valence-corrected chi connectivity index (χ3v) is 14.0. The summed E-state index contributed by atoms with van der Waals surface area (Å²) in [6, 6.07) is -2.45. The predicted molar refractivity (Wildman–Crippen MR) is 186 cm³/mol. The summed E-state index contributed by atoms with van der Waals surface area (Å²) in [6.45, 7) is 13.9. The molecule has 49 heavy (non-hydrogen) atoms. The van der Waals surface area contributed by atoms with Crippen molar-refractivity contribution in [3.63, 3.8) is 0 Å². The van der Waals surface area contributed by atoms with Crippen molar-refractivity contribution in [2.75, 3.05) is 18.1 Å². The lowest BCUT2D eigenvalue weighted by Crippen LogP contribution is -2.64. The lowest BCUT2D eigenvalue weighted by molar-refractivity contribution is -0.146. The van der Waals surface area contributed by atoms with Crippen LogP contribution in [0.1, 0.15) is 119 Å². The lowest BCUT2D eigenvalue weighted by Gasteiger charge is -2.40. The molecule has 1 heterocycles. The van der Waals surface area contributed by atoms with Gasteiger partial charge in [-0.15, -0.1) is 0 Å². The molecule has 276 valence electrons. The van der Waals surface area contributed by atoms with Gasteiger partial charge in [-0.3, -0.25) is 19.2 Å². The molecule has 1 unspecified atom stereocenters. The minimum Gasteiger partial charge on any atom is -0.347 e. The van der Waals surface area contributed by atoms with Crippen LogP contribution in [0.5, 0.6) is 0 Å². The summed E-state index contributed by atoms with van der Waals surface area (Å²) in [7, 11) is -3.39. The number of hydrogen-bond acceptors (Lipinski definition) is 7. The number of hydrogen-bond donors (Lipinski definition) is 4. The van der Waals surface area contributed by atoms with Crippen molar-refractivity contribution in [3.8, 4) is 0 Å². The number of Topliss-reactive ketones (excluding diaryl/α,β-unsaturated/α-hetero) is 1. The van der Waals surface area contributed by atoms with E-state index in [2.05, 4.69) is 35.1 Å². The largest absolute Gasteiger partial charge is 0.347 e. The monoisotopic (exact) mass is 705 g/mol. The van der Waals surface area contributed by atoms with Gasteiger partial charge >= 0.3 is 6.03 Å². The van der Waals surface area contributed by atoms with E-state index in [4.69, 9.17) is 0 Å². The van der Waals surface area contributed by atoms with E-state index in [-0.39, 0.29) is 40.7 Å². The summed E-state index contributed by atoms with van der Waals surface area (Å²) in [5.74, 6) is -2.39. The smallest absolute Gasteiger partial charge is 0.315 e. The summed E-state index contributed by atoms with van der Waals surface area (Å²) in [5.41, 5.74) is -3.11. The highest BCUT2D eigenvalue weighted by Gasteiger charge is 2.71. The molecule has 0 radical (unpaired) electrons. The topological polar surface area (TPSA) is 171 Å². The molecule has 4 aliphatic carbocycles. The van der Waals surface area contributed by atoms with Gasteiger partial charge in [-0.2, -0.15) is 0 Å². The quantitative estimate of drug-likeness (QED) is 0.201. The Kier molecular flexibility index (Phi) is 10.3. The number of fused-ring (bicyclic) bond motifs is 1. The summed E-state index contributed by atoms with van der Waals surface area (Å²) in [5, 5.41) is 11.7. The molecule has 6 atom stereocenters. The average molecular weight is 706 g/mol. The van der Waals surface area contributed by atoms with Crippen LogP contribution in [0.3, 0.4) is 0 Å². The van der Waals surface area contributed by atoms with Crippen LogP contribution in [0.4, 0.5) is 4.79 Å². The molecule has 13 heteroatoms. The molecular formula is C36H59N5O7S. The van der Waals surface area contributed by atoms with Crippen molar-refractivity contribution in [1.82, 2.24) is 26.2 Å². The number of amides is 5. The second-order valence-corrected chi connectivity index (χ2v) is 19.6. The molecule has 5 fully saturated rings. The lowest BCUT2D eigenvalue weighted by atomic mass is 9.83. The zero-order chi connectivity index (χ0) is 36.2. The van der Waals surface area contributed by atoms with E-state index in [1.807, 2.05) is 34.6 Å². The van der Waals surface area contributed by atoms with Crippen LogP contribution < -0.4 is 21.3 Å². The van der Waals surface area contributed by atoms with Crippen molar-refractivity contribution in [2.24, 2.45) is 28.6 Å². The van der Waals surface area contributed by atoms with Gasteiger partial charge in [0.05, 0.1) is 11.3 Å². The van der Waals surface area contributed by atoms with Crippen molar-refractivity contribution in [3.05, 3.63) is 0 Å². The molecule has 1 saturated heterocycles. The predicted octanol–water partition coefficient (Wildman–Crippen LogP) is 3.23. The number of ketones is 1. The molecule has 4 N–H and O–H groups in total. The summed E-state index contributed by atoms with van der Waals surface area (Å²) < 4.78 is 25.8. The van der Waals surface area contributed by atoms with Crippen LogP contribution >= 0.6 is 0 Å². The number of nitrogens with zero attached hydrogens (tertiary/aromatic N) is 1. The standard InChI is InChI=1S/C36H59N5O7S/c1-8-13-22-19-36(22,28(42)30(44)37-23-14-15-23)39-29(43)26-25-24(34(25,6)7)20-41(26)31(45)27(33(3,4)5)38-32(46)40-35(16-11-10-12-17-35)21-49(47,48)18-9-2/h22-27H,8-21H2,1-7H3,(H,37,44)(H,39,43)(H2,38,40,46)/t22-,24-,25-,26-,27+,36?/m0/s1. The number of likely N-dealkylation sites (tertiary alicyclic amines) is 1. The normalized spacial score (nSPS) is 30.4. The van der Waals surface area contributed by atoms with Gasteiger partial charge in [0.15, 0.2) is 9.84 Å². The van der Waals surface area contributed by atoms with Crippen molar-refractivity contribution < 1.29 is 32.4 Å². The summed E-state index contributed by atoms with van der Waals surface area (Å²) in [6.07, 6.45) is 7.73. The van der Waals surface area contributed by atoms with Gasteiger partial charge in [-0.05, 0) is 73.5 Å². The first kappa shape index (κ1) is 37.6. The number of rotatable bonds is 14. The molecule has 0 aromatic heterocycles. The highest BCUT2D eigenvalue weighted by Crippen LogP contribution is 2.65. The Morgan fingerprint density at radius 3 is 2.16 bits per heavy atom. The van der Waals surface area contributed by atoms with Gasteiger partial charge in [0.2, 0.25) is 17.6 Å². The van der Waals surface area contributed by atoms with Gasteiger partial charge in [0, 0.05) is 18.3 Å². The maximum Gasteiger partial charge on any atom is 0.315 e. The third-order valence-electron chi connectivity index (χ3n) is 12.0. The molecule has 12 nitrogen and oxygen atoms in total. The minimum atomic E-state index is -3.39. The number of piperidine rings is 1. The van der Waals surface area contributed by atoms with E-state index >= 15 is 0 Å². The average Bonchev–Trinajstić information content (AvgIpc) is 3.95. The SMILES string of the molecule is CCC[C@H]1CC1(NC(=O)[C@@H]1[C@@H]2[C@H](CN1C(=O)[C@@H](NC(=O)NC1(CS(=O)(=O)CCC)CCCCC1)C(C)(C)C)C2(C)C)C(=O)C(=O)NC1CC1. The van der Waals surface area contributed by atoms with E-state index in [1.165, 1.54) is 0 Å².